The van der Waals surface area contributed by atoms with Crippen molar-refractivity contribution < 1.29 is 9.18 Å². The molecule has 0 radical (unpaired) electrons. The van der Waals surface area contributed by atoms with Gasteiger partial charge in [-0.2, -0.15) is 9.65 Å². The van der Waals surface area contributed by atoms with Crippen molar-refractivity contribution in [2.75, 3.05) is 31.3 Å². The predicted molar refractivity (Wildman–Crippen MR) is 159 cm³/mol. The van der Waals surface area contributed by atoms with Gasteiger partial charge in [0.15, 0.2) is 0 Å². The van der Waals surface area contributed by atoms with E-state index in [0.717, 1.165) is 33.4 Å². The van der Waals surface area contributed by atoms with Gasteiger partial charge in [-0.05, 0) is 55.9 Å². The zero-order valence-electron chi connectivity index (χ0n) is 25.1. The summed E-state index contributed by atoms with van der Waals surface area (Å²) in [6.45, 7) is 10.8. The maximum atomic E-state index is 14.0. The fourth-order valence-electron chi connectivity index (χ4n) is 5.21. The minimum Gasteiger partial charge on any atom is -0.383 e. The Hall–Kier alpha value is -4.59. The summed E-state index contributed by atoms with van der Waals surface area (Å²) < 4.78 is 15.7. The summed E-state index contributed by atoms with van der Waals surface area (Å²) in [6, 6.07) is 8.67. The second-order valence-electron chi connectivity index (χ2n) is 12.5. The lowest BCUT2D eigenvalue weighted by Crippen LogP contribution is -2.38. The number of anilines is 2. The van der Waals surface area contributed by atoms with Crippen LogP contribution in [-0.2, 0) is 10.3 Å². The molecule has 1 atom stereocenters. The molecule has 1 aromatic carbocycles. The number of nitrogens with one attached hydrogen (secondary N) is 2. The second kappa shape index (κ2) is 10.7. The zero-order chi connectivity index (χ0) is 30.4. The van der Waals surface area contributed by atoms with E-state index in [2.05, 4.69) is 57.8 Å². The molecule has 2 N–H and O–H groups in total. The number of nitriles is 1. The molecule has 3 aromatic heterocycles. The monoisotopic (exact) mass is 569 g/mol. The second-order valence-corrected chi connectivity index (χ2v) is 12.5. The van der Waals surface area contributed by atoms with E-state index >= 15 is 0 Å². The highest BCUT2D eigenvalue weighted by molar-refractivity contribution is 5.97. The number of nitrogens with zero attached hydrogens (tertiary/aromatic N) is 7. The Bertz CT molecular complexity index is 1710. The molecule has 10 nitrogen and oxygen atoms in total. The molecule has 11 heteroatoms. The fraction of sp³-hybridized carbons (Fsp3) is 0.419. The van der Waals surface area contributed by atoms with E-state index in [1.54, 1.807) is 49.1 Å². The first-order chi connectivity index (χ1) is 19.8. The van der Waals surface area contributed by atoms with Gasteiger partial charge in [-0.1, -0.05) is 32.1 Å². The molecule has 1 aliphatic carbocycles. The molecule has 0 bridgehead atoms. The van der Waals surface area contributed by atoms with Gasteiger partial charge in [0.1, 0.15) is 17.3 Å². The van der Waals surface area contributed by atoms with Crippen LogP contribution >= 0.6 is 0 Å². The van der Waals surface area contributed by atoms with Crippen LogP contribution in [0.4, 0.5) is 15.8 Å². The van der Waals surface area contributed by atoms with Crippen molar-refractivity contribution in [3.63, 3.8) is 0 Å². The Morgan fingerprint density at radius 1 is 1.24 bits per heavy atom. The van der Waals surface area contributed by atoms with Crippen molar-refractivity contribution in [3.05, 3.63) is 70.7 Å². The van der Waals surface area contributed by atoms with Gasteiger partial charge in [-0.15, -0.1) is 5.10 Å². The lowest BCUT2D eigenvalue weighted by Gasteiger charge is -2.23. The topological polar surface area (TPSA) is 125 Å². The summed E-state index contributed by atoms with van der Waals surface area (Å²) in [4.78, 5) is 23.2. The van der Waals surface area contributed by atoms with Crippen LogP contribution in [0.5, 0.6) is 0 Å². The molecule has 4 aromatic rings. The number of amides is 1. The van der Waals surface area contributed by atoms with Gasteiger partial charge in [0.05, 0.1) is 29.0 Å². The number of pyridine rings is 2. The molecule has 5 rings (SSSR count). The van der Waals surface area contributed by atoms with Crippen LogP contribution in [0, 0.1) is 36.5 Å². The molecule has 42 heavy (non-hydrogen) atoms. The van der Waals surface area contributed by atoms with E-state index in [0.29, 0.717) is 36.3 Å². The van der Waals surface area contributed by atoms with Gasteiger partial charge in [0, 0.05) is 49.2 Å². The molecule has 0 unspecified atom stereocenters. The Labute approximate surface area is 245 Å². The molecule has 1 aliphatic rings. The minimum absolute atomic E-state index is 0.00978. The third-order valence-electron chi connectivity index (χ3n) is 7.57. The minimum atomic E-state index is -0.734. The molecule has 0 aliphatic heterocycles. The number of hydrogen-bond donors (Lipinski definition) is 2. The third kappa shape index (κ3) is 5.49. The number of aromatic nitrogens is 5. The van der Waals surface area contributed by atoms with Gasteiger partial charge < -0.3 is 15.5 Å². The summed E-state index contributed by atoms with van der Waals surface area (Å²) in [5.41, 5.74) is 4.70. The quantitative estimate of drug-likeness (QED) is 0.281. The average molecular weight is 570 g/mol. The van der Waals surface area contributed by atoms with Crippen molar-refractivity contribution in [3.8, 4) is 6.07 Å². The first kappa shape index (κ1) is 28.9. The lowest BCUT2D eigenvalue weighted by molar-refractivity contribution is -0.134. The van der Waals surface area contributed by atoms with E-state index in [4.69, 9.17) is 0 Å². The highest BCUT2D eigenvalue weighted by Gasteiger charge is 2.54. The normalized spacial score (nSPS) is 14.7. The molecule has 1 amide bonds. The number of halogens is 1. The Morgan fingerprint density at radius 2 is 1.98 bits per heavy atom. The summed E-state index contributed by atoms with van der Waals surface area (Å²) in [7, 11) is 3.47. The van der Waals surface area contributed by atoms with Gasteiger partial charge in [-0.3, -0.25) is 9.78 Å². The number of carbonyl (C=O) groups is 1. The first-order valence-electron chi connectivity index (χ1n) is 13.9. The summed E-state index contributed by atoms with van der Waals surface area (Å²) >= 11 is 0. The van der Waals surface area contributed by atoms with Crippen molar-refractivity contribution >= 4 is 28.2 Å². The zero-order valence-corrected chi connectivity index (χ0v) is 25.1. The molecule has 3 heterocycles. The van der Waals surface area contributed by atoms with Crippen LogP contribution in [0.15, 0.2) is 36.7 Å². The molecular weight excluding hydrogens is 533 g/mol. The maximum Gasteiger partial charge on any atom is 0.250 e. The Balaban J connectivity index is 1.60. The van der Waals surface area contributed by atoms with Crippen molar-refractivity contribution in [1.29, 1.82) is 5.26 Å². The highest BCUT2D eigenvalue weighted by Crippen LogP contribution is 2.45. The average Bonchev–Trinajstić information content (AvgIpc) is 3.58. The number of hydrogen-bond acceptors (Lipinski definition) is 8. The van der Waals surface area contributed by atoms with Gasteiger partial charge in [-0.25, -0.2) is 9.67 Å². The number of likely N-dealkylation sites (N-methyl/N-ethyl adjacent to an activating group) is 1. The molecular formula is C31H36FN9O. The smallest absolute Gasteiger partial charge is 0.250 e. The number of benzene rings is 1. The number of rotatable bonds is 8. The van der Waals surface area contributed by atoms with E-state index < -0.39 is 17.5 Å². The summed E-state index contributed by atoms with van der Waals surface area (Å²) in [5.74, 6) is -0.595. The Morgan fingerprint density at radius 3 is 2.60 bits per heavy atom. The van der Waals surface area contributed by atoms with E-state index in [1.807, 2.05) is 19.1 Å². The molecule has 1 saturated carbocycles. The third-order valence-corrected chi connectivity index (χ3v) is 7.57. The molecule has 1 fully saturated rings. The first-order valence-corrected chi connectivity index (χ1v) is 13.9. The standard InChI is InChI=1S/C31H36FN9O/c1-18-12-21(13-23-26(18)34-15-20(14-33)27(23)35-17-30(3,4)5)37-28(22-8-9-25(32)36-19(22)2)24-16-41(39-38-24)31(10-11-31)29(42)40(6)7/h8-9,12-13,15-16,28,37H,10-11,17H2,1-7H3,(H,34,35)/t28-/m0/s1. The molecule has 0 saturated heterocycles. The van der Waals surface area contributed by atoms with Crippen LogP contribution < -0.4 is 10.6 Å². The van der Waals surface area contributed by atoms with Crippen LogP contribution in [0.2, 0.25) is 0 Å². The Kier molecular flexibility index (Phi) is 7.35. The largest absolute Gasteiger partial charge is 0.383 e. The molecule has 0 spiro atoms. The van der Waals surface area contributed by atoms with Gasteiger partial charge >= 0.3 is 0 Å². The van der Waals surface area contributed by atoms with Crippen LogP contribution in [0.1, 0.15) is 67.7 Å². The van der Waals surface area contributed by atoms with Gasteiger partial charge in [0.25, 0.3) is 0 Å². The van der Waals surface area contributed by atoms with Crippen molar-refractivity contribution in [2.45, 2.75) is 59.0 Å². The van der Waals surface area contributed by atoms with E-state index in [1.165, 1.54) is 6.07 Å². The van der Waals surface area contributed by atoms with E-state index in [9.17, 15) is 14.4 Å². The molecule has 218 valence electrons. The van der Waals surface area contributed by atoms with Crippen LogP contribution in [0.25, 0.3) is 10.9 Å². The number of carbonyl (C=O) groups excluding carboxylic acids is 1. The fourth-order valence-corrected chi connectivity index (χ4v) is 5.21. The van der Waals surface area contributed by atoms with Crippen molar-refractivity contribution in [1.82, 2.24) is 29.9 Å². The lowest BCUT2D eigenvalue weighted by atomic mass is 9.96. The summed E-state index contributed by atoms with van der Waals surface area (Å²) in [5, 5.41) is 26.6. The van der Waals surface area contributed by atoms with Crippen LogP contribution in [-0.4, -0.2) is 56.4 Å². The summed E-state index contributed by atoms with van der Waals surface area (Å²) in [6.07, 6.45) is 4.76. The van der Waals surface area contributed by atoms with Crippen LogP contribution in [0.3, 0.4) is 0 Å². The maximum absolute atomic E-state index is 14.0. The number of aryl methyl sites for hydroxylation is 2. The van der Waals surface area contributed by atoms with E-state index in [-0.39, 0.29) is 11.3 Å². The SMILES string of the molecule is Cc1nc(F)ccc1[C@H](Nc1cc(C)c2ncc(C#N)c(NCC(C)(C)C)c2c1)c1cn(C2(C(=O)N(C)C)CC2)nn1. The van der Waals surface area contributed by atoms with Gasteiger partial charge in [0.2, 0.25) is 11.9 Å². The highest BCUT2D eigenvalue weighted by atomic mass is 19.1. The van der Waals surface area contributed by atoms with Crippen molar-refractivity contribution in [2.24, 2.45) is 5.41 Å². The number of fused-ring (bicyclic) bond motifs is 1. The predicted octanol–water partition coefficient (Wildman–Crippen LogP) is 5.09.